The van der Waals surface area contributed by atoms with Crippen LogP contribution in [0.5, 0.6) is 0 Å². The second kappa shape index (κ2) is 6.10. The van der Waals surface area contributed by atoms with Gasteiger partial charge in [-0.25, -0.2) is 4.98 Å². The van der Waals surface area contributed by atoms with Crippen molar-refractivity contribution in [2.75, 3.05) is 19.0 Å². The number of pyridine rings is 1. The molecule has 1 aromatic rings. The smallest absolute Gasteiger partial charge is 0.242 e. The number of hydrogen-bond donors (Lipinski definition) is 2. The van der Waals surface area contributed by atoms with Crippen LogP contribution >= 0.6 is 0 Å². The molecule has 0 fully saturated rings. The second-order valence-electron chi connectivity index (χ2n) is 3.09. The Labute approximate surface area is 88.6 Å². The molecule has 0 bridgehead atoms. The van der Waals surface area contributed by atoms with Crippen molar-refractivity contribution >= 4 is 11.7 Å². The summed E-state index contributed by atoms with van der Waals surface area (Å²) in [5, 5.41) is 2.62. The Balaban J connectivity index is 2.42. The van der Waals surface area contributed by atoms with E-state index in [-0.39, 0.29) is 5.91 Å². The zero-order valence-electron chi connectivity index (χ0n) is 8.64. The number of rotatable bonds is 5. The first-order chi connectivity index (χ1) is 7.24. The molecule has 0 saturated carbocycles. The van der Waals surface area contributed by atoms with E-state index in [9.17, 15) is 4.79 Å². The molecule has 0 aliphatic carbocycles. The molecule has 5 nitrogen and oxygen atoms in total. The highest BCUT2D eigenvalue weighted by atomic mass is 16.5. The topological polar surface area (TPSA) is 77.2 Å². The van der Waals surface area contributed by atoms with Gasteiger partial charge in [0.25, 0.3) is 0 Å². The van der Waals surface area contributed by atoms with Gasteiger partial charge < -0.3 is 15.8 Å². The fraction of sp³-hybridized carbons (Fsp3) is 0.400. The molecule has 3 N–H and O–H groups in total. The highest BCUT2D eigenvalue weighted by Crippen LogP contribution is 2.01. The maximum atomic E-state index is 11.5. The normalized spacial score (nSPS) is 12.1. The number of ether oxygens (including phenoxy) is 1. The van der Waals surface area contributed by atoms with Gasteiger partial charge in [0, 0.05) is 19.9 Å². The summed E-state index contributed by atoms with van der Waals surface area (Å²) in [5.74, 6) is 0.265. The number of nitrogens with one attached hydrogen (secondary N) is 1. The molecule has 5 heteroatoms. The van der Waals surface area contributed by atoms with E-state index in [1.807, 2.05) is 0 Å². The maximum absolute atomic E-state index is 11.5. The minimum atomic E-state index is -0.563. The van der Waals surface area contributed by atoms with Crippen molar-refractivity contribution in [1.29, 1.82) is 0 Å². The van der Waals surface area contributed by atoms with E-state index in [0.717, 1.165) is 0 Å². The Kier molecular flexibility index (Phi) is 4.73. The number of hydrogen-bond acceptors (Lipinski definition) is 4. The molecular weight excluding hydrogens is 194 g/mol. The largest absolute Gasteiger partial charge is 0.385 e. The molecule has 1 atom stereocenters. The molecule has 1 amide bonds. The fourth-order valence-electron chi connectivity index (χ4n) is 1.03. The van der Waals surface area contributed by atoms with E-state index in [1.54, 1.807) is 31.5 Å². The lowest BCUT2D eigenvalue weighted by molar-refractivity contribution is -0.117. The van der Waals surface area contributed by atoms with Gasteiger partial charge in [-0.05, 0) is 18.6 Å². The zero-order valence-corrected chi connectivity index (χ0v) is 8.64. The molecule has 1 unspecified atom stereocenters. The molecule has 0 spiro atoms. The first-order valence-corrected chi connectivity index (χ1v) is 4.70. The SMILES string of the molecule is COCCC(N)C(=O)Nc1ccccn1. The van der Waals surface area contributed by atoms with Gasteiger partial charge >= 0.3 is 0 Å². The number of anilines is 1. The summed E-state index contributed by atoms with van der Waals surface area (Å²) in [5.41, 5.74) is 5.63. The van der Waals surface area contributed by atoms with Gasteiger partial charge in [-0.1, -0.05) is 6.07 Å². The number of methoxy groups -OCH3 is 1. The van der Waals surface area contributed by atoms with E-state index in [0.29, 0.717) is 18.8 Å². The highest BCUT2D eigenvalue weighted by molar-refractivity contribution is 5.93. The van der Waals surface area contributed by atoms with Gasteiger partial charge in [-0.3, -0.25) is 4.79 Å². The van der Waals surface area contributed by atoms with Crippen LogP contribution in [0, 0.1) is 0 Å². The maximum Gasteiger partial charge on any atom is 0.242 e. The molecule has 0 aromatic carbocycles. The quantitative estimate of drug-likeness (QED) is 0.735. The number of aromatic nitrogens is 1. The molecule has 0 aliphatic heterocycles. The van der Waals surface area contributed by atoms with E-state index in [2.05, 4.69) is 10.3 Å². The standard InChI is InChI=1S/C10H15N3O2/c1-15-7-5-8(11)10(14)13-9-4-2-3-6-12-9/h2-4,6,8H,5,7,11H2,1H3,(H,12,13,14). The molecule has 1 rings (SSSR count). The van der Waals surface area contributed by atoms with Crippen LogP contribution in [0.2, 0.25) is 0 Å². The van der Waals surface area contributed by atoms with Gasteiger partial charge in [0.15, 0.2) is 0 Å². The van der Waals surface area contributed by atoms with Crippen molar-refractivity contribution in [2.24, 2.45) is 5.73 Å². The van der Waals surface area contributed by atoms with Crippen LogP contribution in [-0.4, -0.2) is 30.6 Å². The van der Waals surface area contributed by atoms with Gasteiger partial charge in [-0.2, -0.15) is 0 Å². The summed E-state index contributed by atoms with van der Waals surface area (Å²) in [6.45, 7) is 0.469. The van der Waals surface area contributed by atoms with Crippen LogP contribution in [0.4, 0.5) is 5.82 Å². The molecule has 15 heavy (non-hydrogen) atoms. The highest BCUT2D eigenvalue weighted by Gasteiger charge is 2.13. The lowest BCUT2D eigenvalue weighted by Crippen LogP contribution is -2.36. The van der Waals surface area contributed by atoms with Gasteiger partial charge in [0.2, 0.25) is 5.91 Å². The van der Waals surface area contributed by atoms with Gasteiger partial charge in [-0.15, -0.1) is 0 Å². The van der Waals surface area contributed by atoms with E-state index in [1.165, 1.54) is 0 Å². The van der Waals surface area contributed by atoms with E-state index in [4.69, 9.17) is 10.5 Å². The number of nitrogens with two attached hydrogens (primary N) is 1. The Morgan fingerprint density at radius 1 is 1.67 bits per heavy atom. The number of nitrogens with zero attached hydrogens (tertiary/aromatic N) is 1. The van der Waals surface area contributed by atoms with Crippen molar-refractivity contribution in [3.63, 3.8) is 0 Å². The predicted octanol–water partition coefficient (Wildman–Crippen LogP) is 0.384. The molecule has 0 aliphatic rings. The predicted molar refractivity (Wildman–Crippen MR) is 57.3 cm³/mol. The first-order valence-electron chi connectivity index (χ1n) is 4.70. The van der Waals surface area contributed by atoms with Gasteiger partial charge in [0.05, 0.1) is 6.04 Å². The second-order valence-corrected chi connectivity index (χ2v) is 3.09. The van der Waals surface area contributed by atoms with Crippen LogP contribution in [0.25, 0.3) is 0 Å². The van der Waals surface area contributed by atoms with Crippen molar-refractivity contribution in [3.8, 4) is 0 Å². The van der Waals surface area contributed by atoms with Crippen LogP contribution < -0.4 is 11.1 Å². The lowest BCUT2D eigenvalue weighted by Gasteiger charge is -2.10. The van der Waals surface area contributed by atoms with Gasteiger partial charge in [0.1, 0.15) is 5.82 Å². The van der Waals surface area contributed by atoms with Crippen LogP contribution in [0.15, 0.2) is 24.4 Å². The minimum absolute atomic E-state index is 0.245. The van der Waals surface area contributed by atoms with E-state index >= 15 is 0 Å². The fourth-order valence-corrected chi connectivity index (χ4v) is 1.03. The first kappa shape index (κ1) is 11.6. The third kappa shape index (κ3) is 4.05. The zero-order chi connectivity index (χ0) is 11.1. The Morgan fingerprint density at radius 3 is 3.07 bits per heavy atom. The lowest BCUT2D eigenvalue weighted by atomic mass is 10.2. The van der Waals surface area contributed by atoms with Crippen LogP contribution in [-0.2, 0) is 9.53 Å². The number of carbonyl (C=O) groups is 1. The summed E-state index contributed by atoms with van der Waals surface area (Å²) in [4.78, 5) is 15.4. The molecule has 0 radical (unpaired) electrons. The van der Waals surface area contributed by atoms with Crippen molar-refractivity contribution in [2.45, 2.75) is 12.5 Å². The molecule has 1 heterocycles. The van der Waals surface area contributed by atoms with Crippen molar-refractivity contribution in [3.05, 3.63) is 24.4 Å². The third-order valence-electron chi connectivity index (χ3n) is 1.89. The van der Waals surface area contributed by atoms with E-state index < -0.39 is 6.04 Å². The number of carbonyl (C=O) groups excluding carboxylic acids is 1. The molecule has 0 saturated heterocycles. The Morgan fingerprint density at radius 2 is 2.47 bits per heavy atom. The molecular formula is C10H15N3O2. The van der Waals surface area contributed by atoms with Crippen molar-refractivity contribution < 1.29 is 9.53 Å². The average Bonchev–Trinajstić information content (AvgIpc) is 2.27. The Bertz CT molecular complexity index is 303. The molecule has 1 aromatic heterocycles. The summed E-state index contributed by atoms with van der Waals surface area (Å²) in [6, 6.07) is 4.72. The minimum Gasteiger partial charge on any atom is -0.385 e. The summed E-state index contributed by atoms with van der Waals surface area (Å²) in [6.07, 6.45) is 2.10. The molecule has 82 valence electrons. The van der Waals surface area contributed by atoms with Crippen LogP contribution in [0.1, 0.15) is 6.42 Å². The summed E-state index contributed by atoms with van der Waals surface area (Å²) >= 11 is 0. The number of amides is 1. The summed E-state index contributed by atoms with van der Waals surface area (Å²) < 4.78 is 4.84. The summed E-state index contributed by atoms with van der Waals surface area (Å²) in [7, 11) is 1.57. The Hall–Kier alpha value is -1.46. The third-order valence-corrected chi connectivity index (χ3v) is 1.89. The monoisotopic (exact) mass is 209 g/mol. The van der Waals surface area contributed by atoms with Crippen molar-refractivity contribution in [1.82, 2.24) is 4.98 Å². The average molecular weight is 209 g/mol. The van der Waals surface area contributed by atoms with Crippen LogP contribution in [0.3, 0.4) is 0 Å².